The van der Waals surface area contributed by atoms with Crippen LogP contribution in [0.1, 0.15) is 20.3 Å². The lowest BCUT2D eigenvalue weighted by atomic mass is 10.2. The Morgan fingerprint density at radius 2 is 1.71 bits per heavy atom. The minimum absolute atomic E-state index is 0. The van der Waals surface area contributed by atoms with Crippen molar-refractivity contribution in [2.75, 3.05) is 33.4 Å². The van der Waals surface area contributed by atoms with Gasteiger partial charge in [0.25, 0.3) is 0 Å². The van der Waals surface area contributed by atoms with E-state index in [9.17, 15) is 9.59 Å². The molecule has 5 nitrogen and oxygen atoms in total. The molecule has 17 heavy (non-hydrogen) atoms. The van der Waals surface area contributed by atoms with Gasteiger partial charge in [0.1, 0.15) is 19.5 Å². The molecule has 0 aromatic heterocycles. The van der Waals surface area contributed by atoms with Gasteiger partial charge in [-0.15, -0.1) is 0 Å². The molecule has 0 saturated carbocycles. The van der Waals surface area contributed by atoms with Crippen molar-refractivity contribution >= 4 is 11.9 Å². The van der Waals surface area contributed by atoms with Gasteiger partial charge < -0.3 is 26.4 Å². The number of likely N-dealkylation sites (N-methyl/N-ethyl adjacent to an activating group) is 1. The molecular weight excluding hydrogens is 246 g/mol. The maximum Gasteiger partial charge on any atom is 0.365 e. The smallest absolute Gasteiger partial charge is 0.365 e. The average Bonchev–Trinajstić information content (AvgIpc) is 2.95. The lowest BCUT2D eigenvalue weighted by Gasteiger charge is -2.22. The first-order chi connectivity index (χ1) is 7.53. The van der Waals surface area contributed by atoms with Gasteiger partial charge in [0.2, 0.25) is 0 Å². The zero-order valence-electron chi connectivity index (χ0n) is 10.6. The molecule has 1 saturated heterocycles. The van der Waals surface area contributed by atoms with E-state index in [0.29, 0.717) is 17.7 Å². The van der Waals surface area contributed by atoms with Crippen LogP contribution in [0.25, 0.3) is 0 Å². The summed E-state index contributed by atoms with van der Waals surface area (Å²) in [5, 5.41) is 0. The Bertz CT molecular complexity index is 279. The summed E-state index contributed by atoms with van der Waals surface area (Å²) in [6, 6.07) is -0.404. The first kappa shape index (κ1) is 16.2. The molecule has 0 radical (unpaired) electrons. The van der Waals surface area contributed by atoms with E-state index in [1.54, 1.807) is 13.8 Å². The summed E-state index contributed by atoms with van der Waals surface area (Å²) in [4.78, 5) is 23.1. The second-order valence-electron chi connectivity index (χ2n) is 4.20. The highest BCUT2D eigenvalue weighted by molar-refractivity contribution is 5.81. The number of nitrogens with zero attached hydrogens (tertiary/aromatic N) is 1. The summed E-state index contributed by atoms with van der Waals surface area (Å²) >= 11 is 0. The van der Waals surface area contributed by atoms with E-state index >= 15 is 0 Å². The van der Waals surface area contributed by atoms with Crippen molar-refractivity contribution in [1.82, 2.24) is 0 Å². The van der Waals surface area contributed by atoms with E-state index < -0.39 is 6.04 Å². The van der Waals surface area contributed by atoms with Crippen LogP contribution in [0, 0.1) is 0 Å². The Balaban J connectivity index is 0.00000256. The summed E-state index contributed by atoms with van der Waals surface area (Å²) in [7, 11) is 1.96. The number of halogens is 1. The third-order valence-corrected chi connectivity index (χ3v) is 2.91. The second kappa shape index (κ2) is 6.81. The van der Waals surface area contributed by atoms with Gasteiger partial charge in [-0.25, -0.2) is 4.79 Å². The van der Waals surface area contributed by atoms with Crippen molar-refractivity contribution in [3.8, 4) is 0 Å². The fourth-order valence-electron chi connectivity index (χ4n) is 1.64. The Labute approximate surface area is 108 Å². The molecule has 1 atom stereocenters. The van der Waals surface area contributed by atoms with Gasteiger partial charge in [0.15, 0.2) is 6.04 Å². The highest BCUT2D eigenvalue weighted by Crippen LogP contribution is 2.26. The van der Waals surface area contributed by atoms with E-state index in [4.69, 9.17) is 9.47 Å². The third kappa shape index (κ3) is 4.52. The highest BCUT2D eigenvalue weighted by atomic mass is 35.5. The Hall–Kier alpha value is -0.810. The molecule has 0 bridgehead atoms. The van der Waals surface area contributed by atoms with Gasteiger partial charge in [0.05, 0.1) is 20.3 Å². The zero-order chi connectivity index (χ0) is 12.2. The minimum Gasteiger partial charge on any atom is -1.00 e. The Morgan fingerprint density at radius 1 is 1.18 bits per heavy atom. The molecule has 0 aromatic carbocycles. The van der Waals surface area contributed by atoms with Crippen molar-refractivity contribution in [2.45, 2.75) is 26.3 Å². The number of carbonyl (C=O) groups is 2. The van der Waals surface area contributed by atoms with Crippen molar-refractivity contribution in [1.29, 1.82) is 0 Å². The molecule has 6 heteroatoms. The minimum atomic E-state index is -0.404. The van der Waals surface area contributed by atoms with Crippen LogP contribution in [0.15, 0.2) is 0 Å². The van der Waals surface area contributed by atoms with Crippen LogP contribution in [0.4, 0.5) is 0 Å². The molecule has 0 aromatic rings. The number of rotatable bonds is 6. The SMILES string of the molecule is CCOC(=O)CC(C(=O)OCC)[N+]1(C)CC1.[Cl-]. The lowest BCUT2D eigenvalue weighted by molar-refractivity contribution is -0.796. The van der Waals surface area contributed by atoms with E-state index in [1.807, 2.05) is 7.05 Å². The summed E-state index contributed by atoms with van der Waals surface area (Å²) in [5.74, 6) is -0.623. The van der Waals surface area contributed by atoms with Gasteiger partial charge in [-0.3, -0.25) is 4.79 Å². The fraction of sp³-hybridized carbons (Fsp3) is 0.818. The lowest BCUT2D eigenvalue weighted by Crippen LogP contribution is -3.00. The largest absolute Gasteiger partial charge is 1.00 e. The van der Waals surface area contributed by atoms with E-state index in [0.717, 1.165) is 13.1 Å². The van der Waals surface area contributed by atoms with Crippen LogP contribution in [0.3, 0.4) is 0 Å². The maximum atomic E-state index is 11.7. The molecule has 0 aliphatic carbocycles. The van der Waals surface area contributed by atoms with Crippen LogP contribution >= 0.6 is 0 Å². The number of esters is 2. The van der Waals surface area contributed by atoms with Crippen molar-refractivity contribution in [3.63, 3.8) is 0 Å². The maximum absolute atomic E-state index is 11.7. The molecule has 1 fully saturated rings. The van der Waals surface area contributed by atoms with Gasteiger partial charge in [0, 0.05) is 0 Å². The molecule has 1 aliphatic heterocycles. The molecule has 0 spiro atoms. The van der Waals surface area contributed by atoms with Crippen molar-refractivity contribution < 1.29 is 36.0 Å². The molecule has 0 N–H and O–H groups in total. The quantitative estimate of drug-likeness (QED) is 0.299. The van der Waals surface area contributed by atoms with Crippen LogP contribution in [-0.4, -0.2) is 55.8 Å². The number of hydrogen-bond donors (Lipinski definition) is 0. The number of carbonyl (C=O) groups excluding carboxylic acids is 2. The third-order valence-electron chi connectivity index (χ3n) is 2.91. The molecular formula is C11H20ClNO4. The normalized spacial score (nSPS) is 17.6. The number of ether oxygens (including phenoxy) is 2. The number of quaternary nitrogens is 1. The van der Waals surface area contributed by atoms with E-state index in [2.05, 4.69) is 0 Å². The van der Waals surface area contributed by atoms with Crippen LogP contribution in [0.2, 0.25) is 0 Å². The van der Waals surface area contributed by atoms with Crippen LogP contribution in [-0.2, 0) is 19.1 Å². The Kier molecular flexibility index (Phi) is 6.49. The van der Waals surface area contributed by atoms with Crippen LogP contribution < -0.4 is 12.4 Å². The van der Waals surface area contributed by atoms with Crippen LogP contribution in [0.5, 0.6) is 0 Å². The average molecular weight is 266 g/mol. The first-order valence-corrected chi connectivity index (χ1v) is 5.70. The first-order valence-electron chi connectivity index (χ1n) is 5.70. The molecule has 0 amide bonds. The van der Waals surface area contributed by atoms with Gasteiger partial charge in [-0.1, -0.05) is 0 Å². The summed E-state index contributed by atoms with van der Waals surface area (Å²) < 4.78 is 10.4. The van der Waals surface area contributed by atoms with Gasteiger partial charge >= 0.3 is 11.9 Å². The van der Waals surface area contributed by atoms with Crippen molar-refractivity contribution in [2.24, 2.45) is 0 Å². The summed E-state index contributed by atoms with van der Waals surface area (Å²) in [6.07, 6.45) is 0.114. The van der Waals surface area contributed by atoms with Gasteiger partial charge in [-0.05, 0) is 13.8 Å². The molecule has 100 valence electrons. The molecule has 1 unspecified atom stereocenters. The monoisotopic (exact) mass is 265 g/mol. The standard InChI is InChI=1S/C11H20NO4.ClH/c1-4-15-10(13)8-9(11(14)16-5-2)12(3)6-7-12;/h9H,4-8H2,1-3H3;1H/q+1;/p-1. The topological polar surface area (TPSA) is 52.6 Å². The predicted octanol–water partition coefficient (Wildman–Crippen LogP) is -2.66. The van der Waals surface area contributed by atoms with E-state index in [-0.39, 0.29) is 30.8 Å². The molecule has 1 heterocycles. The number of hydrogen-bond acceptors (Lipinski definition) is 4. The summed E-state index contributed by atoms with van der Waals surface area (Å²) in [6.45, 7) is 6.05. The Morgan fingerprint density at radius 3 is 2.12 bits per heavy atom. The predicted molar refractivity (Wildman–Crippen MR) is 57.6 cm³/mol. The fourth-order valence-corrected chi connectivity index (χ4v) is 1.64. The van der Waals surface area contributed by atoms with Crippen molar-refractivity contribution in [3.05, 3.63) is 0 Å². The van der Waals surface area contributed by atoms with Gasteiger partial charge in [-0.2, -0.15) is 0 Å². The zero-order valence-corrected chi connectivity index (χ0v) is 11.3. The highest BCUT2D eigenvalue weighted by Gasteiger charge is 2.50. The molecule has 1 aliphatic rings. The second-order valence-corrected chi connectivity index (χ2v) is 4.20. The summed E-state index contributed by atoms with van der Waals surface area (Å²) in [5.41, 5.74) is 0. The molecule has 1 rings (SSSR count). The van der Waals surface area contributed by atoms with E-state index in [1.165, 1.54) is 0 Å².